The zero-order valence-electron chi connectivity index (χ0n) is 11.2. The molecule has 0 amide bonds. The van der Waals surface area contributed by atoms with Gasteiger partial charge in [0.1, 0.15) is 16.5 Å². The maximum Gasteiger partial charge on any atom is 0.244 e. The molecule has 0 saturated heterocycles. The van der Waals surface area contributed by atoms with Crippen LogP contribution >= 0.6 is 0 Å². The Morgan fingerprint density at radius 2 is 1.75 bits per heavy atom. The van der Waals surface area contributed by atoms with Gasteiger partial charge < -0.3 is 5.73 Å². The Kier molecular flexibility index (Phi) is 4.02. The van der Waals surface area contributed by atoms with Crippen molar-refractivity contribution >= 4 is 15.7 Å². The first-order chi connectivity index (χ1) is 9.23. The van der Waals surface area contributed by atoms with E-state index in [0.717, 1.165) is 25.3 Å². The normalized spacial score (nSPS) is 18.9. The van der Waals surface area contributed by atoms with Crippen LogP contribution in [0.15, 0.2) is 17.0 Å². The van der Waals surface area contributed by atoms with Crippen LogP contribution in [0.2, 0.25) is 0 Å². The Balaban J connectivity index is 2.33. The first kappa shape index (κ1) is 15.2. The van der Waals surface area contributed by atoms with Gasteiger partial charge in [0.2, 0.25) is 10.0 Å². The van der Waals surface area contributed by atoms with Gasteiger partial charge in [-0.25, -0.2) is 21.9 Å². The molecular formula is C13H18F2N2O2S. The fourth-order valence-corrected chi connectivity index (χ4v) is 4.12. The highest BCUT2D eigenvalue weighted by molar-refractivity contribution is 7.89. The van der Waals surface area contributed by atoms with Gasteiger partial charge >= 0.3 is 0 Å². The average Bonchev–Trinajstić information content (AvgIpc) is 2.33. The standard InChI is InChI=1S/C13H18F2N2O2S/c1-13(5-3-2-4-6-13)17-20(18,19)12-8-11(16)9(14)7-10(12)15/h7-8,17H,2-6,16H2,1H3. The molecule has 0 radical (unpaired) electrons. The second kappa shape index (κ2) is 5.29. The molecule has 1 aromatic carbocycles. The second-order valence-electron chi connectivity index (χ2n) is 5.53. The average molecular weight is 304 g/mol. The van der Waals surface area contributed by atoms with E-state index >= 15 is 0 Å². The van der Waals surface area contributed by atoms with E-state index in [2.05, 4.69) is 4.72 Å². The number of anilines is 1. The lowest BCUT2D eigenvalue weighted by molar-refractivity contribution is 0.293. The van der Waals surface area contributed by atoms with Crippen LogP contribution in [0.1, 0.15) is 39.0 Å². The molecule has 112 valence electrons. The van der Waals surface area contributed by atoms with E-state index in [9.17, 15) is 17.2 Å². The molecule has 0 spiro atoms. The Morgan fingerprint density at radius 1 is 1.15 bits per heavy atom. The molecule has 7 heteroatoms. The summed E-state index contributed by atoms with van der Waals surface area (Å²) in [7, 11) is -4.06. The number of sulfonamides is 1. The first-order valence-electron chi connectivity index (χ1n) is 6.52. The molecule has 0 atom stereocenters. The number of nitrogens with one attached hydrogen (secondary N) is 1. The number of nitrogen functional groups attached to an aromatic ring is 1. The first-order valence-corrected chi connectivity index (χ1v) is 8.00. The predicted octanol–water partition coefficient (Wildman–Crippen LogP) is 2.55. The molecule has 1 fully saturated rings. The third-order valence-corrected chi connectivity index (χ3v) is 5.33. The summed E-state index contributed by atoms with van der Waals surface area (Å²) in [5.41, 5.74) is 4.34. The van der Waals surface area contributed by atoms with Crippen LogP contribution in [-0.4, -0.2) is 14.0 Å². The monoisotopic (exact) mass is 304 g/mol. The molecule has 0 aromatic heterocycles. The molecule has 2 rings (SSSR count). The third-order valence-electron chi connectivity index (χ3n) is 3.68. The van der Waals surface area contributed by atoms with E-state index in [1.54, 1.807) is 6.92 Å². The Morgan fingerprint density at radius 3 is 2.35 bits per heavy atom. The van der Waals surface area contributed by atoms with E-state index in [0.29, 0.717) is 18.9 Å². The molecule has 1 saturated carbocycles. The maximum absolute atomic E-state index is 13.7. The Bertz CT molecular complexity index is 611. The van der Waals surface area contributed by atoms with Gasteiger partial charge in [-0.1, -0.05) is 19.3 Å². The van der Waals surface area contributed by atoms with Crippen molar-refractivity contribution in [1.29, 1.82) is 0 Å². The quantitative estimate of drug-likeness (QED) is 0.843. The van der Waals surface area contributed by atoms with Gasteiger partial charge in [0.25, 0.3) is 0 Å². The lowest BCUT2D eigenvalue weighted by Gasteiger charge is -2.34. The number of rotatable bonds is 3. The van der Waals surface area contributed by atoms with Crippen molar-refractivity contribution < 1.29 is 17.2 Å². The molecule has 3 N–H and O–H groups in total. The van der Waals surface area contributed by atoms with Crippen LogP contribution in [0, 0.1) is 11.6 Å². The van der Waals surface area contributed by atoms with Crippen LogP contribution in [0.3, 0.4) is 0 Å². The van der Waals surface area contributed by atoms with Gasteiger partial charge in [0.15, 0.2) is 0 Å². The number of benzene rings is 1. The largest absolute Gasteiger partial charge is 0.396 e. The number of nitrogens with two attached hydrogens (primary N) is 1. The zero-order chi connectivity index (χ0) is 15.0. The summed E-state index contributed by atoms with van der Waals surface area (Å²) in [6, 6.07) is 1.31. The highest BCUT2D eigenvalue weighted by Gasteiger charge is 2.33. The van der Waals surface area contributed by atoms with E-state index in [1.165, 1.54) is 0 Å². The van der Waals surface area contributed by atoms with Crippen LogP contribution in [0.4, 0.5) is 14.5 Å². The lowest BCUT2D eigenvalue weighted by Crippen LogP contribution is -2.47. The number of halogens is 2. The molecule has 20 heavy (non-hydrogen) atoms. The molecule has 1 aliphatic carbocycles. The third kappa shape index (κ3) is 3.09. The van der Waals surface area contributed by atoms with Crippen molar-refractivity contribution in [3.8, 4) is 0 Å². The minimum absolute atomic E-state index is 0.388. The van der Waals surface area contributed by atoms with Gasteiger partial charge in [-0.2, -0.15) is 0 Å². The molecule has 0 bridgehead atoms. The number of hydrogen-bond donors (Lipinski definition) is 2. The van der Waals surface area contributed by atoms with Gasteiger partial charge in [0.05, 0.1) is 5.69 Å². The van der Waals surface area contributed by atoms with Crippen molar-refractivity contribution in [2.24, 2.45) is 0 Å². The molecule has 0 unspecified atom stereocenters. The summed E-state index contributed by atoms with van der Waals surface area (Å²) in [5.74, 6) is -2.10. The van der Waals surface area contributed by atoms with E-state index < -0.39 is 32.1 Å². The zero-order valence-corrected chi connectivity index (χ0v) is 12.1. The van der Waals surface area contributed by atoms with Gasteiger partial charge in [-0.15, -0.1) is 0 Å². The molecular weight excluding hydrogens is 286 g/mol. The summed E-state index contributed by atoms with van der Waals surface area (Å²) in [6.45, 7) is 1.80. The van der Waals surface area contributed by atoms with Gasteiger partial charge in [0, 0.05) is 11.6 Å². The predicted molar refractivity (Wildman–Crippen MR) is 72.6 cm³/mol. The smallest absolute Gasteiger partial charge is 0.244 e. The van der Waals surface area contributed by atoms with Crippen molar-refractivity contribution in [3.05, 3.63) is 23.8 Å². The minimum Gasteiger partial charge on any atom is -0.396 e. The Hall–Kier alpha value is -1.21. The van der Waals surface area contributed by atoms with Crippen LogP contribution in [0.5, 0.6) is 0 Å². The summed E-state index contributed by atoms with van der Waals surface area (Å²) in [5, 5.41) is 0. The van der Waals surface area contributed by atoms with Gasteiger partial charge in [-0.05, 0) is 25.8 Å². The summed E-state index contributed by atoms with van der Waals surface area (Å²) in [4.78, 5) is -0.608. The summed E-state index contributed by atoms with van der Waals surface area (Å²) >= 11 is 0. The van der Waals surface area contributed by atoms with E-state index in [1.807, 2.05) is 0 Å². The van der Waals surface area contributed by atoms with Crippen LogP contribution < -0.4 is 10.5 Å². The number of hydrogen-bond acceptors (Lipinski definition) is 3. The molecule has 1 aliphatic rings. The van der Waals surface area contributed by atoms with Gasteiger partial charge in [-0.3, -0.25) is 0 Å². The van der Waals surface area contributed by atoms with Crippen LogP contribution in [0.25, 0.3) is 0 Å². The molecule has 0 heterocycles. The van der Waals surface area contributed by atoms with Crippen molar-refractivity contribution in [2.45, 2.75) is 49.5 Å². The summed E-state index contributed by atoms with van der Waals surface area (Å²) in [6.07, 6.45) is 4.31. The summed E-state index contributed by atoms with van der Waals surface area (Å²) < 4.78 is 53.8. The Labute approximate surface area is 117 Å². The highest BCUT2D eigenvalue weighted by Crippen LogP contribution is 2.30. The maximum atomic E-state index is 13.7. The van der Waals surface area contributed by atoms with Crippen molar-refractivity contribution in [2.75, 3.05) is 5.73 Å². The van der Waals surface area contributed by atoms with Crippen molar-refractivity contribution in [3.63, 3.8) is 0 Å². The van der Waals surface area contributed by atoms with Crippen LogP contribution in [-0.2, 0) is 10.0 Å². The van der Waals surface area contributed by atoms with Crippen molar-refractivity contribution in [1.82, 2.24) is 4.72 Å². The topological polar surface area (TPSA) is 72.2 Å². The fraction of sp³-hybridized carbons (Fsp3) is 0.538. The fourth-order valence-electron chi connectivity index (χ4n) is 2.56. The minimum atomic E-state index is -4.06. The second-order valence-corrected chi connectivity index (χ2v) is 7.18. The SMILES string of the molecule is CC1(NS(=O)(=O)c2cc(N)c(F)cc2F)CCCCC1. The molecule has 0 aliphatic heterocycles. The highest BCUT2D eigenvalue weighted by atomic mass is 32.2. The lowest BCUT2D eigenvalue weighted by atomic mass is 9.84. The van der Waals surface area contributed by atoms with E-state index in [4.69, 9.17) is 5.73 Å². The molecule has 1 aromatic rings. The van der Waals surface area contributed by atoms with E-state index in [-0.39, 0.29) is 5.69 Å². The molecule has 4 nitrogen and oxygen atoms in total.